The van der Waals surface area contributed by atoms with Crippen molar-refractivity contribution < 1.29 is 0 Å². The van der Waals surface area contributed by atoms with E-state index in [0.29, 0.717) is 6.54 Å². The first-order chi connectivity index (χ1) is 8.20. The SMILES string of the molecule is NCc1ccccc1Nc1ncc(Br)cc1Br. The molecule has 0 atom stereocenters. The van der Waals surface area contributed by atoms with Crippen molar-refractivity contribution >= 4 is 43.4 Å². The highest BCUT2D eigenvalue weighted by molar-refractivity contribution is 9.11. The highest BCUT2D eigenvalue weighted by atomic mass is 79.9. The molecule has 0 fully saturated rings. The molecule has 0 aliphatic carbocycles. The lowest BCUT2D eigenvalue weighted by Gasteiger charge is -2.11. The summed E-state index contributed by atoms with van der Waals surface area (Å²) in [6.45, 7) is 0.497. The Bertz CT molecular complexity index is 529. The number of hydrogen-bond acceptors (Lipinski definition) is 3. The van der Waals surface area contributed by atoms with Gasteiger partial charge in [0.2, 0.25) is 0 Å². The minimum atomic E-state index is 0.497. The van der Waals surface area contributed by atoms with E-state index in [1.807, 2.05) is 30.3 Å². The lowest BCUT2D eigenvalue weighted by Crippen LogP contribution is -2.02. The van der Waals surface area contributed by atoms with Crippen LogP contribution in [-0.2, 0) is 6.54 Å². The van der Waals surface area contributed by atoms with Gasteiger partial charge in [0, 0.05) is 22.9 Å². The summed E-state index contributed by atoms with van der Waals surface area (Å²) in [5, 5.41) is 3.26. The number of para-hydroxylation sites is 1. The molecule has 0 spiro atoms. The molecule has 0 aliphatic heterocycles. The first-order valence-corrected chi connectivity index (χ1v) is 6.65. The van der Waals surface area contributed by atoms with E-state index in [1.165, 1.54) is 0 Å². The van der Waals surface area contributed by atoms with Crippen LogP contribution in [0.3, 0.4) is 0 Å². The maximum absolute atomic E-state index is 5.69. The molecule has 1 heterocycles. The number of anilines is 2. The predicted octanol–water partition coefficient (Wildman–Crippen LogP) is 3.81. The average molecular weight is 357 g/mol. The first kappa shape index (κ1) is 12.5. The molecule has 3 N–H and O–H groups in total. The number of rotatable bonds is 3. The Labute approximate surface area is 117 Å². The number of pyridine rings is 1. The van der Waals surface area contributed by atoms with Gasteiger partial charge in [0.15, 0.2) is 0 Å². The lowest BCUT2D eigenvalue weighted by molar-refractivity contribution is 1.07. The van der Waals surface area contributed by atoms with Crippen LogP contribution in [0.5, 0.6) is 0 Å². The van der Waals surface area contributed by atoms with Crippen LogP contribution in [0.2, 0.25) is 0 Å². The van der Waals surface area contributed by atoms with E-state index in [2.05, 4.69) is 42.2 Å². The molecule has 0 saturated heterocycles. The van der Waals surface area contributed by atoms with Gasteiger partial charge in [-0.05, 0) is 49.6 Å². The number of aromatic nitrogens is 1. The van der Waals surface area contributed by atoms with Crippen LogP contribution in [0.15, 0.2) is 45.5 Å². The van der Waals surface area contributed by atoms with E-state index in [1.54, 1.807) is 6.20 Å². The van der Waals surface area contributed by atoms with Gasteiger partial charge < -0.3 is 11.1 Å². The van der Waals surface area contributed by atoms with Crippen molar-refractivity contribution in [2.45, 2.75) is 6.54 Å². The lowest BCUT2D eigenvalue weighted by atomic mass is 10.2. The molecule has 17 heavy (non-hydrogen) atoms. The molecular weight excluding hydrogens is 346 g/mol. The van der Waals surface area contributed by atoms with Crippen molar-refractivity contribution in [3.05, 3.63) is 51.0 Å². The Hall–Kier alpha value is -0.910. The van der Waals surface area contributed by atoms with Gasteiger partial charge in [-0.1, -0.05) is 18.2 Å². The van der Waals surface area contributed by atoms with Gasteiger partial charge in [0.25, 0.3) is 0 Å². The fraction of sp³-hybridized carbons (Fsp3) is 0.0833. The highest BCUT2D eigenvalue weighted by Crippen LogP contribution is 2.27. The van der Waals surface area contributed by atoms with E-state index in [9.17, 15) is 0 Å². The largest absolute Gasteiger partial charge is 0.339 e. The second kappa shape index (κ2) is 5.62. The van der Waals surface area contributed by atoms with Gasteiger partial charge in [0.1, 0.15) is 5.82 Å². The molecule has 88 valence electrons. The Balaban J connectivity index is 2.31. The molecule has 1 aromatic carbocycles. The normalized spacial score (nSPS) is 10.3. The second-order valence-electron chi connectivity index (χ2n) is 3.47. The zero-order chi connectivity index (χ0) is 12.3. The molecule has 5 heteroatoms. The third kappa shape index (κ3) is 3.06. The summed E-state index contributed by atoms with van der Waals surface area (Å²) in [6.07, 6.45) is 1.75. The maximum Gasteiger partial charge on any atom is 0.144 e. The standard InChI is InChI=1S/C12H11Br2N3/c13-9-5-10(14)12(16-7-9)17-11-4-2-1-3-8(11)6-15/h1-5,7H,6,15H2,(H,16,17). The van der Waals surface area contributed by atoms with Crippen LogP contribution < -0.4 is 11.1 Å². The van der Waals surface area contributed by atoms with Gasteiger partial charge >= 0.3 is 0 Å². The van der Waals surface area contributed by atoms with Crippen LogP contribution in [0, 0.1) is 0 Å². The van der Waals surface area contributed by atoms with Crippen molar-refractivity contribution in [1.82, 2.24) is 4.98 Å². The third-order valence-corrected chi connectivity index (χ3v) is 3.34. The van der Waals surface area contributed by atoms with E-state index >= 15 is 0 Å². The monoisotopic (exact) mass is 355 g/mol. The molecule has 1 aromatic heterocycles. The van der Waals surface area contributed by atoms with E-state index in [-0.39, 0.29) is 0 Å². The van der Waals surface area contributed by atoms with Crippen LogP contribution in [0.1, 0.15) is 5.56 Å². The summed E-state index contributed by atoms with van der Waals surface area (Å²) in [7, 11) is 0. The number of nitrogens with zero attached hydrogens (tertiary/aromatic N) is 1. The maximum atomic E-state index is 5.69. The Morgan fingerprint density at radius 1 is 1.24 bits per heavy atom. The van der Waals surface area contributed by atoms with Crippen LogP contribution in [-0.4, -0.2) is 4.98 Å². The number of hydrogen-bond donors (Lipinski definition) is 2. The highest BCUT2D eigenvalue weighted by Gasteiger charge is 2.05. The number of benzene rings is 1. The third-order valence-electron chi connectivity index (χ3n) is 2.30. The fourth-order valence-corrected chi connectivity index (χ4v) is 2.54. The Morgan fingerprint density at radius 3 is 2.71 bits per heavy atom. The minimum absolute atomic E-state index is 0.497. The molecule has 2 aromatic rings. The second-order valence-corrected chi connectivity index (χ2v) is 5.24. The molecule has 0 amide bonds. The quantitative estimate of drug-likeness (QED) is 0.879. The summed E-state index contributed by atoms with van der Waals surface area (Å²) in [5.74, 6) is 0.772. The van der Waals surface area contributed by atoms with Crippen LogP contribution in [0.25, 0.3) is 0 Å². The smallest absolute Gasteiger partial charge is 0.144 e. The summed E-state index contributed by atoms with van der Waals surface area (Å²) < 4.78 is 1.83. The topological polar surface area (TPSA) is 50.9 Å². The zero-order valence-electron chi connectivity index (χ0n) is 8.95. The molecule has 0 unspecified atom stereocenters. The van der Waals surface area contributed by atoms with Crippen LogP contribution in [0.4, 0.5) is 11.5 Å². The van der Waals surface area contributed by atoms with Crippen molar-refractivity contribution in [3.8, 4) is 0 Å². The Kier molecular flexibility index (Phi) is 4.15. The first-order valence-electron chi connectivity index (χ1n) is 5.06. The number of nitrogens with one attached hydrogen (secondary N) is 1. The van der Waals surface area contributed by atoms with E-state index in [0.717, 1.165) is 26.0 Å². The number of nitrogens with two attached hydrogens (primary N) is 1. The summed E-state index contributed by atoms with van der Waals surface area (Å²) in [6, 6.07) is 9.86. The van der Waals surface area contributed by atoms with Crippen molar-refractivity contribution in [1.29, 1.82) is 0 Å². The van der Waals surface area contributed by atoms with Gasteiger partial charge in [0.05, 0.1) is 4.47 Å². The summed E-state index contributed by atoms with van der Waals surface area (Å²) in [4.78, 5) is 4.30. The molecular formula is C12H11Br2N3. The molecule has 0 aliphatic rings. The minimum Gasteiger partial charge on any atom is -0.339 e. The van der Waals surface area contributed by atoms with E-state index < -0.39 is 0 Å². The number of halogens is 2. The zero-order valence-corrected chi connectivity index (χ0v) is 12.1. The predicted molar refractivity (Wildman–Crippen MR) is 77.3 cm³/mol. The molecule has 0 saturated carbocycles. The van der Waals surface area contributed by atoms with Crippen molar-refractivity contribution in [2.75, 3.05) is 5.32 Å². The summed E-state index contributed by atoms with van der Waals surface area (Å²) >= 11 is 6.83. The molecule has 3 nitrogen and oxygen atoms in total. The molecule has 2 rings (SSSR count). The van der Waals surface area contributed by atoms with Gasteiger partial charge in [-0.25, -0.2) is 4.98 Å². The van der Waals surface area contributed by atoms with Crippen LogP contribution >= 0.6 is 31.9 Å². The van der Waals surface area contributed by atoms with Gasteiger partial charge in [-0.3, -0.25) is 0 Å². The van der Waals surface area contributed by atoms with Gasteiger partial charge in [-0.2, -0.15) is 0 Å². The van der Waals surface area contributed by atoms with Crippen molar-refractivity contribution in [3.63, 3.8) is 0 Å². The molecule has 0 radical (unpaired) electrons. The fourth-order valence-electron chi connectivity index (χ4n) is 1.45. The van der Waals surface area contributed by atoms with Gasteiger partial charge in [-0.15, -0.1) is 0 Å². The molecule has 0 bridgehead atoms. The summed E-state index contributed by atoms with van der Waals surface area (Å²) in [5.41, 5.74) is 7.72. The van der Waals surface area contributed by atoms with E-state index in [4.69, 9.17) is 5.73 Å². The average Bonchev–Trinajstić information content (AvgIpc) is 2.33. The van der Waals surface area contributed by atoms with Crippen molar-refractivity contribution in [2.24, 2.45) is 5.73 Å². The Morgan fingerprint density at radius 2 is 2.00 bits per heavy atom.